The molecule has 2 fully saturated rings. The molecule has 1 aromatic carbocycles. The summed E-state index contributed by atoms with van der Waals surface area (Å²) in [6.45, 7) is 7.34. The molecule has 1 heterocycles. The maximum atomic E-state index is 3.77. The van der Waals surface area contributed by atoms with Crippen LogP contribution in [0, 0.1) is 5.41 Å². The zero-order chi connectivity index (χ0) is 13.1. The SMILES string of the molecule is CC1(CNC2CCN(CCc3ccccc3)C2)CC1. The molecule has 19 heavy (non-hydrogen) atoms. The van der Waals surface area contributed by atoms with Crippen molar-refractivity contribution in [2.75, 3.05) is 26.2 Å². The molecule has 2 aliphatic rings. The van der Waals surface area contributed by atoms with Gasteiger partial charge < -0.3 is 10.2 Å². The van der Waals surface area contributed by atoms with Gasteiger partial charge in [0.05, 0.1) is 0 Å². The molecular weight excluding hydrogens is 232 g/mol. The second-order valence-corrected chi connectivity index (χ2v) is 6.71. The highest BCUT2D eigenvalue weighted by Gasteiger charge is 2.37. The lowest BCUT2D eigenvalue weighted by Gasteiger charge is -2.18. The average Bonchev–Trinajstić information content (AvgIpc) is 3.01. The number of likely N-dealkylation sites (tertiary alicyclic amines) is 1. The molecule has 1 aliphatic carbocycles. The Morgan fingerprint density at radius 2 is 2.05 bits per heavy atom. The number of benzene rings is 1. The quantitative estimate of drug-likeness (QED) is 0.844. The van der Waals surface area contributed by atoms with Crippen LogP contribution in [-0.4, -0.2) is 37.1 Å². The molecule has 2 heteroatoms. The molecule has 2 nitrogen and oxygen atoms in total. The lowest BCUT2D eigenvalue weighted by atomic mass is 10.1. The van der Waals surface area contributed by atoms with E-state index in [9.17, 15) is 0 Å². The molecule has 0 bridgehead atoms. The standard InChI is InChI=1S/C17H26N2/c1-17(9-10-17)14-18-16-8-12-19(13-16)11-7-15-5-3-2-4-6-15/h2-6,16,18H,7-14H2,1H3. The van der Waals surface area contributed by atoms with E-state index in [1.54, 1.807) is 0 Å². The third-order valence-electron chi connectivity index (χ3n) is 4.75. The third-order valence-corrected chi connectivity index (χ3v) is 4.75. The lowest BCUT2D eigenvalue weighted by molar-refractivity contribution is 0.327. The molecule has 1 saturated heterocycles. The van der Waals surface area contributed by atoms with Crippen LogP contribution in [0.25, 0.3) is 0 Å². The Bertz CT molecular complexity index is 397. The first-order valence-electron chi connectivity index (χ1n) is 7.73. The van der Waals surface area contributed by atoms with E-state index in [2.05, 4.69) is 47.5 Å². The second kappa shape index (κ2) is 5.64. The second-order valence-electron chi connectivity index (χ2n) is 6.71. The number of rotatable bonds is 6. The molecule has 3 rings (SSSR count). The maximum absolute atomic E-state index is 3.77. The largest absolute Gasteiger partial charge is 0.312 e. The number of nitrogens with one attached hydrogen (secondary N) is 1. The van der Waals surface area contributed by atoms with Crippen LogP contribution in [0.15, 0.2) is 30.3 Å². The highest BCUT2D eigenvalue weighted by molar-refractivity contribution is 5.14. The van der Waals surface area contributed by atoms with Gasteiger partial charge in [0.25, 0.3) is 0 Å². The van der Waals surface area contributed by atoms with Crippen LogP contribution in [0.3, 0.4) is 0 Å². The highest BCUT2D eigenvalue weighted by atomic mass is 15.2. The van der Waals surface area contributed by atoms with Crippen LogP contribution in [0.4, 0.5) is 0 Å². The van der Waals surface area contributed by atoms with Crippen LogP contribution in [0.2, 0.25) is 0 Å². The number of hydrogen-bond donors (Lipinski definition) is 1. The lowest BCUT2D eigenvalue weighted by Crippen LogP contribution is -2.36. The van der Waals surface area contributed by atoms with Gasteiger partial charge >= 0.3 is 0 Å². The van der Waals surface area contributed by atoms with Gasteiger partial charge in [-0.3, -0.25) is 0 Å². The Morgan fingerprint density at radius 1 is 1.26 bits per heavy atom. The van der Waals surface area contributed by atoms with E-state index in [0.717, 1.165) is 6.04 Å². The molecule has 1 atom stereocenters. The summed E-state index contributed by atoms with van der Waals surface area (Å²) >= 11 is 0. The van der Waals surface area contributed by atoms with Crippen molar-refractivity contribution in [1.29, 1.82) is 0 Å². The van der Waals surface area contributed by atoms with Gasteiger partial charge in [-0.25, -0.2) is 0 Å². The summed E-state index contributed by atoms with van der Waals surface area (Å²) in [6, 6.07) is 11.6. The Labute approximate surface area is 117 Å². The number of hydrogen-bond acceptors (Lipinski definition) is 2. The van der Waals surface area contributed by atoms with E-state index in [0.29, 0.717) is 5.41 Å². The van der Waals surface area contributed by atoms with E-state index < -0.39 is 0 Å². The Balaban J connectivity index is 1.37. The summed E-state index contributed by atoms with van der Waals surface area (Å²) in [4.78, 5) is 2.61. The molecule has 104 valence electrons. The van der Waals surface area contributed by atoms with Gasteiger partial charge in [-0.1, -0.05) is 37.3 Å². The molecule has 0 amide bonds. The molecule has 1 N–H and O–H groups in total. The minimum Gasteiger partial charge on any atom is -0.312 e. The maximum Gasteiger partial charge on any atom is 0.0207 e. The Morgan fingerprint density at radius 3 is 2.79 bits per heavy atom. The van der Waals surface area contributed by atoms with E-state index in [1.807, 2.05) is 0 Å². The summed E-state index contributed by atoms with van der Waals surface area (Å²) in [6.07, 6.45) is 5.35. The molecule has 1 aliphatic heterocycles. The van der Waals surface area contributed by atoms with Crippen LogP contribution in [0.5, 0.6) is 0 Å². The normalized spacial score (nSPS) is 25.6. The van der Waals surface area contributed by atoms with Crippen molar-refractivity contribution in [2.24, 2.45) is 5.41 Å². The highest BCUT2D eigenvalue weighted by Crippen LogP contribution is 2.44. The topological polar surface area (TPSA) is 15.3 Å². The summed E-state index contributed by atoms with van der Waals surface area (Å²) in [7, 11) is 0. The molecule has 1 unspecified atom stereocenters. The smallest absolute Gasteiger partial charge is 0.0207 e. The van der Waals surface area contributed by atoms with E-state index in [1.165, 1.54) is 57.4 Å². The first-order chi connectivity index (χ1) is 9.23. The molecular formula is C17H26N2. The van der Waals surface area contributed by atoms with Gasteiger partial charge in [0.2, 0.25) is 0 Å². The van der Waals surface area contributed by atoms with Crippen LogP contribution < -0.4 is 5.32 Å². The first kappa shape index (κ1) is 13.1. The van der Waals surface area contributed by atoms with Crippen molar-refractivity contribution in [3.05, 3.63) is 35.9 Å². The van der Waals surface area contributed by atoms with E-state index >= 15 is 0 Å². The summed E-state index contributed by atoms with van der Waals surface area (Å²) in [5.41, 5.74) is 2.10. The average molecular weight is 258 g/mol. The summed E-state index contributed by atoms with van der Waals surface area (Å²) < 4.78 is 0. The van der Waals surface area contributed by atoms with Gasteiger partial charge in [0.1, 0.15) is 0 Å². The monoisotopic (exact) mass is 258 g/mol. The van der Waals surface area contributed by atoms with Crippen molar-refractivity contribution in [2.45, 2.75) is 38.6 Å². The molecule has 0 spiro atoms. The van der Waals surface area contributed by atoms with Gasteiger partial charge in [-0.2, -0.15) is 0 Å². The fraction of sp³-hybridized carbons (Fsp3) is 0.647. The molecule has 0 aromatic heterocycles. The Hall–Kier alpha value is -0.860. The van der Waals surface area contributed by atoms with Crippen molar-refractivity contribution in [3.8, 4) is 0 Å². The fourth-order valence-corrected chi connectivity index (χ4v) is 2.92. The first-order valence-corrected chi connectivity index (χ1v) is 7.73. The van der Waals surface area contributed by atoms with Crippen molar-refractivity contribution >= 4 is 0 Å². The predicted octanol–water partition coefficient (Wildman–Crippen LogP) is 2.69. The third kappa shape index (κ3) is 3.80. The molecule has 0 radical (unpaired) electrons. The predicted molar refractivity (Wildman–Crippen MR) is 80.3 cm³/mol. The van der Waals surface area contributed by atoms with E-state index in [4.69, 9.17) is 0 Å². The minimum absolute atomic E-state index is 0.636. The zero-order valence-corrected chi connectivity index (χ0v) is 12.1. The minimum atomic E-state index is 0.636. The van der Waals surface area contributed by atoms with Crippen LogP contribution in [-0.2, 0) is 6.42 Å². The van der Waals surface area contributed by atoms with Crippen molar-refractivity contribution in [3.63, 3.8) is 0 Å². The fourth-order valence-electron chi connectivity index (χ4n) is 2.92. The van der Waals surface area contributed by atoms with Crippen LogP contribution in [0.1, 0.15) is 31.7 Å². The zero-order valence-electron chi connectivity index (χ0n) is 12.1. The van der Waals surface area contributed by atoms with Crippen molar-refractivity contribution in [1.82, 2.24) is 10.2 Å². The summed E-state index contributed by atoms with van der Waals surface area (Å²) in [5, 5.41) is 3.77. The van der Waals surface area contributed by atoms with Crippen LogP contribution >= 0.6 is 0 Å². The summed E-state index contributed by atoms with van der Waals surface area (Å²) in [5.74, 6) is 0. The van der Waals surface area contributed by atoms with Crippen molar-refractivity contribution < 1.29 is 0 Å². The van der Waals surface area contributed by atoms with Gasteiger partial charge in [0.15, 0.2) is 0 Å². The van der Waals surface area contributed by atoms with Gasteiger partial charge in [-0.15, -0.1) is 0 Å². The van der Waals surface area contributed by atoms with E-state index in [-0.39, 0.29) is 0 Å². The van der Waals surface area contributed by atoms with Gasteiger partial charge in [-0.05, 0) is 43.2 Å². The molecule has 1 saturated carbocycles. The number of nitrogens with zero attached hydrogens (tertiary/aromatic N) is 1. The Kier molecular flexibility index (Phi) is 3.90. The van der Waals surface area contributed by atoms with Gasteiger partial charge in [0, 0.05) is 25.7 Å². The molecule has 1 aromatic rings.